The molecule has 2 unspecified atom stereocenters. The van der Waals surface area contributed by atoms with Crippen LogP contribution in [-0.4, -0.2) is 87.1 Å². The molecule has 2 atom stereocenters. The summed E-state index contributed by atoms with van der Waals surface area (Å²) >= 11 is 0. The van der Waals surface area contributed by atoms with E-state index in [1.165, 1.54) is 91.3 Å². The summed E-state index contributed by atoms with van der Waals surface area (Å²) < 4.78 is 9.37. The molecular formula is C47H89N7O6. The third-order valence-corrected chi connectivity index (χ3v) is 10.8. The summed E-state index contributed by atoms with van der Waals surface area (Å²) in [4.78, 5) is 54.2. The van der Waals surface area contributed by atoms with Gasteiger partial charge in [-0.1, -0.05) is 114 Å². The van der Waals surface area contributed by atoms with Crippen LogP contribution in [-0.2, 0) is 28.7 Å². The van der Waals surface area contributed by atoms with E-state index in [0.717, 1.165) is 89.9 Å². The van der Waals surface area contributed by atoms with Gasteiger partial charge in [-0.25, -0.2) is 0 Å². The molecule has 60 heavy (non-hydrogen) atoms. The van der Waals surface area contributed by atoms with Gasteiger partial charge in [0.25, 0.3) is 0 Å². The number of rotatable bonds is 42. The number of nitrogens with one attached hydrogen (secondary N) is 1. The first-order chi connectivity index (χ1) is 29.1. The number of amides is 2. The third kappa shape index (κ3) is 37.5. The standard InChI is InChI=1S/C47H89N7O6/c1-59-43(55)35-29-25-21-17-13-9-5-3-7-11-15-19-23-27-31-38-54(46(58)42(49)40-53-45(57)41(48)34-33-37-52-47(50)51)39-32-28-24-20-16-12-8-4-6-10-14-18-22-26-30-36-44(56)60-2/h3-6,41-42H,7-40,48-49H2,1-2H3,(H,53,57)(H4,50,51,52)/b5-3-,6-4-. The van der Waals surface area contributed by atoms with E-state index in [1.807, 2.05) is 4.90 Å². The number of guanidine groups is 1. The topological polar surface area (TPSA) is 218 Å². The minimum Gasteiger partial charge on any atom is -0.469 e. The molecular weight excluding hydrogens is 759 g/mol. The van der Waals surface area contributed by atoms with Gasteiger partial charge < -0.3 is 42.6 Å². The Morgan fingerprint density at radius 2 is 0.900 bits per heavy atom. The van der Waals surface area contributed by atoms with E-state index in [9.17, 15) is 19.2 Å². The van der Waals surface area contributed by atoms with Crippen molar-refractivity contribution >= 4 is 29.7 Å². The number of allylic oxidation sites excluding steroid dienone is 4. The fourth-order valence-electron chi connectivity index (χ4n) is 6.99. The zero-order valence-corrected chi connectivity index (χ0v) is 38.2. The molecule has 13 nitrogen and oxygen atoms in total. The molecule has 0 bridgehead atoms. The fourth-order valence-corrected chi connectivity index (χ4v) is 6.99. The molecule has 2 amide bonds. The SMILES string of the molecule is COC(=O)CCCCCCC/C=C\CCCCCCCCN(CCCCCCCC/C=C\CCCCCCCC(=O)OC)C(=O)C(N)CNC(=O)C(N)CCCN=C(N)N. The van der Waals surface area contributed by atoms with Gasteiger partial charge in [0.15, 0.2) is 5.96 Å². The number of hydrogen-bond acceptors (Lipinski definition) is 9. The Morgan fingerprint density at radius 3 is 1.28 bits per heavy atom. The number of carbonyl (C=O) groups excluding carboxylic acids is 4. The highest BCUT2D eigenvalue weighted by Gasteiger charge is 2.22. The number of methoxy groups -OCH3 is 2. The molecule has 0 aliphatic heterocycles. The Morgan fingerprint density at radius 1 is 0.533 bits per heavy atom. The highest BCUT2D eigenvalue weighted by Crippen LogP contribution is 2.14. The number of aliphatic imine (C=N–C) groups is 1. The molecule has 0 radical (unpaired) electrons. The van der Waals surface area contributed by atoms with Crippen LogP contribution in [0, 0.1) is 0 Å². The Balaban J connectivity index is 4.43. The normalized spacial score (nSPS) is 12.4. The number of hydrogen-bond donors (Lipinski definition) is 5. The fraction of sp³-hybridized carbons (Fsp3) is 0.809. The molecule has 0 aromatic carbocycles. The largest absolute Gasteiger partial charge is 0.469 e. The van der Waals surface area contributed by atoms with Crippen molar-refractivity contribution in [1.82, 2.24) is 10.2 Å². The van der Waals surface area contributed by atoms with Gasteiger partial charge >= 0.3 is 11.9 Å². The highest BCUT2D eigenvalue weighted by molar-refractivity contribution is 5.85. The van der Waals surface area contributed by atoms with E-state index in [0.29, 0.717) is 45.3 Å². The average Bonchev–Trinajstić information content (AvgIpc) is 3.24. The molecule has 9 N–H and O–H groups in total. The maximum atomic E-state index is 13.5. The van der Waals surface area contributed by atoms with Crippen LogP contribution in [0.1, 0.15) is 193 Å². The van der Waals surface area contributed by atoms with E-state index in [-0.39, 0.29) is 36.3 Å². The second-order valence-electron chi connectivity index (χ2n) is 16.3. The van der Waals surface area contributed by atoms with Crippen molar-refractivity contribution in [3.63, 3.8) is 0 Å². The lowest BCUT2D eigenvalue weighted by atomic mass is 10.1. The van der Waals surface area contributed by atoms with E-state index < -0.39 is 12.1 Å². The summed E-state index contributed by atoms with van der Waals surface area (Å²) in [6.45, 7) is 1.82. The second-order valence-corrected chi connectivity index (χ2v) is 16.3. The summed E-state index contributed by atoms with van der Waals surface area (Å²) in [5, 5.41) is 2.77. The monoisotopic (exact) mass is 848 g/mol. The van der Waals surface area contributed by atoms with Crippen LogP contribution < -0.4 is 28.3 Å². The third-order valence-electron chi connectivity index (χ3n) is 10.8. The Labute approximate surface area is 365 Å². The predicted octanol–water partition coefficient (Wildman–Crippen LogP) is 8.02. The van der Waals surface area contributed by atoms with Crippen LogP contribution in [0.15, 0.2) is 29.3 Å². The molecule has 0 saturated carbocycles. The van der Waals surface area contributed by atoms with Gasteiger partial charge in [0.1, 0.15) is 6.04 Å². The van der Waals surface area contributed by atoms with Crippen LogP contribution in [0.5, 0.6) is 0 Å². The summed E-state index contributed by atoms with van der Waals surface area (Å²) in [7, 11) is 2.89. The van der Waals surface area contributed by atoms with Crippen LogP contribution in [0.3, 0.4) is 0 Å². The first-order valence-electron chi connectivity index (χ1n) is 23.7. The molecule has 0 rings (SSSR count). The minimum atomic E-state index is -0.819. The van der Waals surface area contributed by atoms with Crippen LogP contribution in [0.25, 0.3) is 0 Å². The van der Waals surface area contributed by atoms with E-state index in [1.54, 1.807) is 0 Å². The molecule has 0 saturated heterocycles. The van der Waals surface area contributed by atoms with Gasteiger partial charge in [-0.05, 0) is 89.9 Å². The van der Waals surface area contributed by atoms with Crippen molar-refractivity contribution in [2.45, 2.75) is 205 Å². The minimum absolute atomic E-state index is 0.00976. The summed E-state index contributed by atoms with van der Waals surface area (Å²) in [6.07, 6.45) is 40.6. The van der Waals surface area contributed by atoms with Crippen molar-refractivity contribution < 1.29 is 28.7 Å². The molecule has 0 aromatic heterocycles. The first kappa shape index (κ1) is 56.5. The second kappa shape index (κ2) is 42.2. The van der Waals surface area contributed by atoms with Crippen LogP contribution >= 0.6 is 0 Å². The van der Waals surface area contributed by atoms with Crippen molar-refractivity contribution in [3.05, 3.63) is 24.3 Å². The van der Waals surface area contributed by atoms with Gasteiger partial charge in [0, 0.05) is 39.0 Å². The maximum Gasteiger partial charge on any atom is 0.305 e. The Bertz CT molecular complexity index is 1110. The number of nitrogens with zero attached hydrogens (tertiary/aromatic N) is 2. The lowest BCUT2D eigenvalue weighted by Crippen LogP contribution is -2.52. The molecule has 13 heteroatoms. The number of nitrogens with two attached hydrogens (primary N) is 4. The zero-order chi connectivity index (χ0) is 44.3. The number of unbranched alkanes of at least 4 members (excludes halogenated alkanes) is 22. The molecule has 0 aromatic rings. The van der Waals surface area contributed by atoms with Crippen LogP contribution in [0.4, 0.5) is 0 Å². The summed E-state index contributed by atoms with van der Waals surface area (Å²) in [5.41, 5.74) is 23.1. The van der Waals surface area contributed by atoms with E-state index in [4.69, 9.17) is 22.9 Å². The maximum absolute atomic E-state index is 13.5. The van der Waals surface area contributed by atoms with Crippen molar-refractivity contribution in [2.75, 3.05) is 40.4 Å². The quantitative estimate of drug-likeness (QED) is 0.0131. The number of ether oxygens (including phenoxy) is 2. The summed E-state index contributed by atoms with van der Waals surface area (Å²) in [5.74, 6) is -0.666. The molecule has 0 aliphatic carbocycles. The number of esters is 2. The first-order valence-corrected chi connectivity index (χ1v) is 23.7. The van der Waals surface area contributed by atoms with Crippen molar-refractivity contribution in [3.8, 4) is 0 Å². The van der Waals surface area contributed by atoms with Gasteiger partial charge in [0.2, 0.25) is 11.8 Å². The van der Waals surface area contributed by atoms with Gasteiger partial charge in [-0.15, -0.1) is 0 Å². The number of carbonyl (C=O) groups is 4. The van der Waals surface area contributed by atoms with E-state index >= 15 is 0 Å². The molecule has 0 fully saturated rings. The van der Waals surface area contributed by atoms with Gasteiger partial charge in [-0.3, -0.25) is 24.2 Å². The molecule has 0 heterocycles. The molecule has 0 spiro atoms. The highest BCUT2D eigenvalue weighted by atomic mass is 16.5. The molecule has 348 valence electrons. The van der Waals surface area contributed by atoms with E-state index in [2.05, 4.69) is 44.1 Å². The smallest absolute Gasteiger partial charge is 0.305 e. The van der Waals surface area contributed by atoms with Crippen LogP contribution in [0.2, 0.25) is 0 Å². The Hall–Kier alpha value is -3.45. The lowest BCUT2D eigenvalue weighted by molar-refractivity contribution is -0.141. The lowest BCUT2D eigenvalue weighted by Gasteiger charge is -2.26. The molecule has 0 aliphatic rings. The van der Waals surface area contributed by atoms with Crippen molar-refractivity contribution in [2.24, 2.45) is 27.9 Å². The average molecular weight is 848 g/mol. The zero-order valence-electron chi connectivity index (χ0n) is 38.2. The Kier molecular flexibility index (Phi) is 39.8. The van der Waals surface area contributed by atoms with Crippen molar-refractivity contribution in [1.29, 1.82) is 0 Å². The summed E-state index contributed by atoms with van der Waals surface area (Å²) in [6, 6.07) is -1.54. The van der Waals surface area contributed by atoms with Gasteiger partial charge in [0.05, 0.1) is 20.3 Å². The van der Waals surface area contributed by atoms with Gasteiger partial charge in [-0.2, -0.15) is 0 Å². The predicted molar refractivity (Wildman–Crippen MR) is 247 cm³/mol.